The van der Waals surface area contributed by atoms with Gasteiger partial charge in [0.2, 0.25) is 0 Å². The van der Waals surface area contributed by atoms with Gasteiger partial charge in [-0.3, -0.25) is 4.90 Å². The average Bonchev–Trinajstić information content (AvgIpc) is 2.13. The third kappa shape index (κ3) is 3.62. The van der Waals surface area contributed by atoms with Crippen LogP contribution in [0.25, 0.3) is 0 Å². The summed E-state index contributed by atoms with van der Waals surface area (Å²) in [6.45, 7) is 14.4. The van der Waals surface area contributed by atoms with Crippen molar-refractivity contribution in [1.29, 1.82) is 0 Å². The van der Waals surface area contributed by atoms with E-state index in [1.54, 1.807) is 0 Å². The van der Waals surface area contributed by atoms with Crippen LogP contribution >= 0.6 is 0 Å². The number of piperidine rings is 1. The summed E-state index contributed by atoms with van der Waals surface area (Å²) in [6.07, 6.45) is 1.37. The Balaban J connectivity index is 2.48. The maximum atomic E-state index is 4.12. The zero-order chi connectivity index (χ0) is 11.4. The molecular weight excluding hydrogens is 184 g/mol. The standard InChI is InChI=1S/C13H26N2/c1-10-6-12(3)13(4)15(8-10)9-11(2)7-14-5/h10,12-14H,2,6-9H2,1,3-5H3. The minimum Gasteiger partial charge on any atom is -0.316 e. The summed E-state index contributed by atoms with van der Waals surface area (Å²) in [6, 6.07) is 0.704. The second kappa shape index (κ2) is 5.66. The molecule has 0 aromatic rings. The topological polar surface area (TPSA) is 15.3 Å². The first-order valence-electron chi connectivity index (χ1n) is 6.09. The molecule has 0 amide bonds. The van der Waals surface area contributed by atoms with E-state index in [2.05, 4.69) is 37.6 Å². The highest BCUT2D eigenvalue weighted by Crippen LogP contribution is 2.27. The van der Waals surface area contributed by atoms with Crippen LogP contribution in [0.15, 0.2) is 12.2 Å². The minimum absolute atomic E-state index is 0.704. The van der Waals surface area contributed by atoms with E-state index in [0.717, 1.165) is 24.9 Å². The summed E-state index contributed by atoms with van der Waals surface area (Å²) in [5, 5.41) is 3.17. The lowest BCUT2D eigenvalue weighted by molar-refractivity contribution is 0.0887. The first-order chi connectivity index (χ1) is 7.04. The predicted octanol–water partition coefficient (Wildman–Crippen LogP) is 2.13. The van der Waals surface area contributed by atoms with Crippen molar-refractivity contribution in [3.05, 3.63) is 12.2 Å². The molecule has 88 valence electrons. The van der Waals surface area contributed by atoms with Gasteiger partial charge in [0.05, 0.1) is 0 Å². The highest BCUT2D eigenvalue weighted by molar-refractivity contribution is 5.01. The number of hydrogen-bond donors (Lipinski definition) is 1. The molecule has 0 bridgehead atoms. The first-order valence-corrected chi connectivity index (χ1v) is 6.09. The van der Waals surface area contributed by atoms with Gasteiger partial charge in [0.25, 0.3) is 0 Å². The molecule has 3 unspecified atom stereocenters. The van der Waals surface area contributed by atoms with E-state index < -0.39 is 0 Å². The SMILES string of the molecule is C=C(CNC)CN1CC(C)CC(C)C1C. The lowest BCUT2D eigenvalue weighted by Gasteiger charge is -2.41. The van der Waals surface area contributed by atoms with Gasteiger partial charge in [-0.2, -0.15) is 0 Å². The monoisotopic (exact) mass is 210 g/mol. The van der Waals surface area contributed by atoms with Crippen LogP contribution in [-0.4, -0.2) is 37.6 Å². The Morgan fingerprint density at radius 2 is 2.07 bits per heavy atom. The van der Waals surface area contributed by atoms with E-state index in [1.165, 1.54) is 18.5 Å². The fourth-order valence-corrected chi connectivity index (χ4v) is 2.63. The largest absolute Gasteiger partial charge is 0.316 e. The summed E-state index contributed by atoms with van der Waals surface area (Å²) in [5.74, 6) is 1.65. The summed E-state index contributed by atoms with van der Waals surface area (Å²) >= 11 is 0. The van der Waals surface area contributed by atoms with Crippen molar-refractivity contribution in [2.75, 3.05) is 26.7 Å². The molecule has 1 saturated heterocycles. The molecule has 0 aliphatic carbocycles. The fraction of sp³-hybridized carbons (Fsp3) is 0.846. The van der Waals surface area contributed by atoms with Crippen LogP contribution in [0.5, 0.6) is 0 Å². The van der Waals surface area contributed by atoms with Gasteiger partial charge in [-0.15, -0.1) is 0 Å². The van der Waals surface area contributed by atoms with Gasteiger partial charge in [0.15, 0.2) is 0 Å². The molecule has 15 heavy (non-hydrogen) atoms. The molecule has 2 heteroatoms. The molecule has 0 saturated carbocycles. The zero-order valence-electron chi connectivity index (χ0n) is 10.7. The van der Waals surface area contributed by atoms with Crippen LogP contribution in [0.3, 0.4) is 0 Å². The third-order valence-corrected chi connectivity index (χ3v) is 3.57. The van der Waals surface area contributed by atoms with Crippen molar-refractivity contribution in [1.82, 2.24) is 10.2 Å². The van der Waals surface area contributed by atoms with Gasteiger partial charge >= 0.3 is 0 Å². The molecule has 1 N–H and O–H groups in total. The van der Waals surface area contributed by atoms with Crippen molar-refractivity contribution in [3.8, 4) is 0 Å². The van der Waals surface area contributed by atoms with E-state index in [4.69, 9.17) is 0 Å². The van der Waals surface area contributed by atoms with Crippen LogP contribution < -0.4 is 5.32 Å². The van der Waals surface area contributed by atoms with E-state index in [0.29, 0.717) is 6.04 Å². The zero-order valence-corrected chi connectivity index (χ0v) is 10.7. The van der Waals surface area contributed by atoms with Gasteiger partial charge in [0.1, 0.15) is 0 Å². The van der Waals surface area contributed by atoms with Crippen LogP contribution in [0, 0.1) is 11.8 Å². The van der Waals surface area contributed by atoms with Gasteiger partial charge in [-0.25, -0.2) is 0 Å². The van der Waals surface area contributed by atoms with Crippen LogP contribution in [-0.2, 0) is 0 Å². The Labute approximate surface area is 94.7 Å². The molecule has 0 aromatic heterocycles. The Morgan fingerprint density at radius 3 is 2.67 bits per heavy atom. The maximum absolute atomic E-state index is 4.12. The van der Waals surface area contributed by atoms with Crippen LogP contribution in [0.2, 0.25) is 0 Å². The summed E-state index contributed by atoms with van der Waals surface area (Å²) in [4.78, 5) is 2.58. The van der Waals surface area contributed by atoms with Gasteiger partial charge < -0.3 is 5.32 Å². The van der Waals surface area contributed by atoms with E-state index in [-0.39, 0.29) is 0 Å². The van der Waals surface area contributed by atoms with Crippen molar-refractivity contribution < 1.29 is 0 Å². The maximum Gasteiger partial charge on any atom is 0.0205 e. The molecule has 2 nitrogen and oxygen atoms in total. The number of hydrogen-bond acceptors (Lipinski definition) is 2. The van der Waals surface area contributed by atoms with Crippen LogP contribution in [0.1, 0.15) is 27.2 Å². The number of nitrogens with zero attached hydrogens (tertiary/aromatic N) is 1. The smallest absolute Gasteiger partial charge is 0.0205 e. The second-order valence-electron chi connectivity index (χ2n) is 5.27. The number of rotatable bonds is 4. The summed E-state index contributed by atoms with van der Waals surface area (Å²) in [5.41, 5.74) is 1.30. The van der Waals surface area contributed by atoms with Crippen molar-refractivity contribution in [2.45, 2.75) is 33.2 Å². The molecule has 3 atom stereocenters. The lowest BCUT2D eigenvalue weighted by Crippen LogP contribution is -2.46. The third-order valence-electron chi connectivity index (χ3n) is 3.57. The average molecular weight is 210 g/mol. The molecule has 0 aromatic carbocycles. The van der Waals surface area contributed by atoms with E-state index >= 15 is 0 Å². The fourth-order valence-electron chi connectivity index (χ4n) is 2.63. The number of likely N-dealkylation sites (N-methyl/N-ethyl adjacent to an activating group) is 1. The van der Waals surface area contributed by atoms with E-state index in [9.17, 15) is 0 Å². The predicted molar refractivity (Wildman–Crippen MR) is 67.0 cm³/mol. The van der Waals surface area contributed by atoms with Crippen molar-refractivity contribution in [2.24, 2.45) is 11.8 Å². The number of likely N-dealkylation sites (tertiary alicyclic amines) is 1. The van der Waals surface area contributed by atoms with Gasteiger partial charge in [-0.1, -0.05) is 20.4 Å². The molecule has 1 rings (SSSR count). The van der Waals surface area contributed by atoms with E-state index in [1.807, 2.05) is 7.05 Å². The van der Waals surface area contributed by atoms with Crippen LogP contribution in [0.4, 0.5) is 0 Å². The molecule has 1 aliphatic heterocycles. The van der Waals surface area contributed by atoms with Crippen molar-refractivity contribution in [3.63, 3.8) is 0 Å². The Morgan fingerprint density at radius 1 is 1.40 bits per heavy atom. The Kier molecular flexibility index (Phi) is 4.81. The minimum atomic E-state index is 0.704. The molecular formula is C13H26N2. The lowest BCUT2D eigenvalue weighted by atomic mass is 9.86. The molecule has 1 heterocycles. The Bertz CT molecular complexity index is 213. The molecule has 1 fully saturated rings. The highest BCUT2D eigenvalue weighted by Gasteiger charge is 2.28. The quantitative estimate of drug-likeness (QED) is 0.715. The van der Waals surface area contributed by atoms with Crippen molar-refractivity contribution >= 4 is 0 Å². The highest BCUT2D eigenvalue weighted by atomic mass is 15.2. The van der Waals surface area contributed by atoms with Gasteiger partial charge in [-0.05, 0) is 37.8 Å². The first kappa shape index (κ1) is 12.7. The number of nitrogens with one attached hydrogen (secondary N) is 1. The Hall–Kier alpha value is -0.340. The molecule has 0 spiro atoms. The molecule has 1 aliphatic rings. The second-order valence-corrected chi connectivity index (χ2v) is 5.27. The summed E-state index contributed by atoms with van der Waals surface area (Å²) < 4.78 is 0. The summed E-state index contributed by atoms with van der Waals surface area (Å²) in [7, 11) is 1.98. The van der Waals surface area contributed by atoms with Gasteiger partial charge in [0, 0.05) is 25.7 Å². The normalized spacial score (nSPS) is 32.9. The molecule has 0 radical (unpaired) electrons.